The first-order chi connectivity index (χ1) is 9.56. The number of nitrogens with zero attached hydrogens (tertiary/aromatic N) is 3. The summed E-state index contributed by atoms with van der Waals surface area (Å²) in [7, 11) is 0. The zero-order valence-corrected chi connectivity index (χ0v) is 12.2. The molecule has 0 bridgehead atoms. The Balaban J connectivity index is 2.23. The number of hydrogen-bond donors (Lipinski definition) is 0. The highest BCUT2D eigenvalue weighted by Crippen LogP contribution is 2.28. The second-order valence-electron chi connectivity index (χ2n) is 4.05. The minimum absolute atomic E-state index is 0.00583. The zero-order valence-electron chi connectivity index (χ0n) is 10.6. The summed E-state index contributed by atoms with van der Waals surface area (Å²) >= 11 is 3.23. The Morgan fingerprint density at radius 1 is 1.15 bits per heavy atom. The lowest BCUT2D eigenvalue weighted by atomic mass is 10.2. The van der Waals surface area contributed by atoms with Crippen LogP contribution in [0.5, 0.6) is 0 Å². The molecular formula is C14H10BrN3O2. The summed E-state index contributed by atoms with van der Waals surface area (Å²) in [6, 6.07) is 14.5. The molecule has 0 atom stereocenters. The molecule has 0 unspecified atom stereocenters. The van der Waals surface area contributed by atoms with Crippen LogP contribution >= 0.6 is 15.9 Å². The quantitative estimate of drug-likeness (QED) is 0.460. The Hall–Kier alpha value is -2.30. The van der Waals surface area contributed by atoms with Crippen molar-refractivity contribution in [3.8, 4) is 0 Å². The summed E-state index contributed by atoms with van der Waals surface area (Å²) in [6.07, 6.45) is 0. The highest BCUT2D eigenvalue weighted by Gasteiger charge is 2.07. The predicted octanol–water partition coefficient (Wildman–Crippen LogP) is 4.80. The van der Waals surface area contributed by atoms with E-state index in [1.807, 2.05) is 31.2 Å². The molecule has 0 aliphatic rings. The maximum Gasteiger partial charge on any atom is 0.270 e. The van der Waals surface area contributed by atoms with Crippen molar-refractivity contribution < 1.29 is 4.92 Å². The van der Waals surface area contributed by atoms with Gasteiger partial charge in [-0.05, 0) is 41.1 Å². The molecule has 0 N–H and O–H groups in total. The molecule has 2 aromatic rings. The number of nitro groups is 1. The fraction of sp³-hybridized carbons (Fsp3) is 0.0714. The van der Waals surface area contributed by atoms with Crippen molar-refractivity contribution in [2.24, 2.45) is 9.98 Å². The van der Waals surface area contributed by atoms with Gasteiger partial charge in [0.2, 0.25) is 0 Å². The SMILES string of the molecule is Cc1ccc(N=C=Nc2ccc([N+](=O)[O-])cc2Br)cc1. The van der Waals surface area contributed by atoms with Crippen molar-refractivity contribution >= 4 is 39.0 Å². The molecule has 0 aliphatic carbocycles. The van der Waals surface area contributed by atoms with Gasteiger partial charge < -0.3 is 0 Å². The Morgan fingerprint density at radius 2 is 1.85 bits per heavy atom. The lowest BCUT2D eigenvalue weighted by Gasteiger charge is -1.96. The zero-order chi connectivity index (χ0) is 14.5. The second-order valence-corrected chi connectivity index (χ2v) is 4.91. The summed E-state index contributed by atoms with van der Waals surface area (Å²) in [5, 5.41) is 10.6. The van der Waals surface area contributed by atoms with Crippen LogP contribution in [0.1, 0.15) is 5.56 Å². The smallest absolute Gasteiger partial charge is 0.258 e. The predicted molar refractivity (Wildman–Crippen MR) is 81.2 cm³/mol. The highest BCUT2D eigenvalue weighted by atomic mass is 79.9. The molecule has 5 nitrogen and oxygen atoms in total. The third-order valence-electron chi connectivity index (χ3n) is 2.53. The van der Waals surface area contributed by atoms with Gasteiger partial charge in [-0.15, -0.1) is 0 Å². The van der Waals surface area contributed by atoms with Gasteiger partial charge in [0.15, 0.2) is 0 Å². The summed E-state index contributed by atoms with van der Waals surface area (Å²) in [5.74, 6) is 0. The van der Waals surface area contributed by atoms with Gasteiger partial charge in [-0.25, -0.2) is 0 Å². The summed E-state index contributed by atoms with van der Waals surface area (Å²) < 4.78 is 0.526. The number of aliphatic imine (C=N–C) groups is 2. The monoisotopic (exact) mass is 331 g/mol. The largest absolute Gasteiger partial charge is 0.270 e. The van der Waals surface area contributed by atoms with Gasteiger partial charge in [0.1, 0.15) is 6.01 Å². The number of non-ortho nitro benzene ring substituents is 1. The van der Waals surface area contributed by atoms with Crippen molar-refractivity contribution in [3.63, 3.8) is 0 Å². The fourth-order valence-electron chi connectivity index (χ4n) is 1.46. The molecule has 2 rings (SSSR count). The van der Waals surface area contributed by atoms with E-state index in [1.54, 1.807) is 6.07 Å². The standard InChI is InChI=1S/C14H10BrN3O2/c1-10-2-4-11(5-3-10)16-9-17-14-7-6-12(18(19)20)8-13(14)15/h2-8H,1H3. The second kappa shape index (κ2) is 6.23. The van der Waals surface area contributed by atoms with E-state index >= 15 is 0 Å². The van der Waals surface area contributed by atoms with Crippen LogP contribution in [-0.2, 0) is 0 Å². The van der Waals surface area contributed by atoms with Gasteiger partial charge in [-0.1, -0.05) is 17.7 Å². The normalized spacial score (nSPS) is 9.70. The third kappa shape index (κ3) is 3.60. The van der Waals surface area contributed by atoms with Crippen LogP contribution in [0, 0.1) is 17.0 Å². The van der Waals surface area contributed by atoms with E-state index in [4.69, 9.17) is 0 Å². The van der Waals surface area contributed by atoms with E-state index in [1.165, 1.54) is 12.1 Å². The molecule has 0 aromatic heterocycles. The Bertz CT molecular complexity index is 705. The van der Waals surface area contributed by atoms with E-state index < -0.39 is 4.92 Å². The lowest BCUT2D eigenvalue weighted by Crippen LogP contribution is -1.86. The number of aryl methyl sites for hydroxylation is 1. The van der Waals surface area contributed by atoms with Gasteiger partial charge in [-0.3, -0.25) is 10.1 Å². The highest BCUT2D eigenvalue weighted by molar-refractivity contribution is 9.10. The first kappa shape index (κ1) is 14.1. The van der Waals surface area contributed by atoms with Crippen molar-refractivity contribution in [2.75, 3.05) is 0 Å². The molecule has 0 heterocycles. The van der Waals surface area contributed by atoms with Crippen molar-refractivity contribution in [1.82, 2.24) is 0 Å². The number of benzene rings is 2. The minimum atomic E-state index is -0.460. The van der Waals surface area contributed by atoms with Crippen molar-refractivity contribution in [3.05, 3.63) is 62.6 Å². The van der Waals surface area contributed by atoms with Gasteiger partial charge in [0.25, 0.3) is 5.69 Å². The van der Waals surface area contributed by atoms with Crippen LogP contribution in [0.4, 0.5) is 17.1 Å². The Morgan fingerprint density at radius 3 is 2.45 bits per heavy atom. The molecule has 0 spiro atoms. The maximum absolute atomic E-state index is 10.6. The van der Waals surface area contributed by atoms with Crippen LogP contribution in [0.25, 0.3) is 0 Å². The van der Waals surface area contributed by atoms with Crippen LogP contribution in [0.2, 0.25) is 0 Å². The van der Waals surface area contributed by atoms with Gasteiger partial charge in [-0.2, -0.15) is 9.98 Å². The first-order valence-electron chi connectivity index (χ1n) is 5.73. The van der Waals surface area contributed by atoms with Crippen LogP contribution in [-0.4, -0.2) is 10.9 Å². The molecule has 2 aromatic carbocycles. The number of hydrogen-bond acceptors (Lipinski definition) is 4. The molecule has 0 amide bonds. The van der Waals surface area contributed by atoms with Crippen LogP contribution < -0.4 is 0 Å². The van der Waals surface area contributed by atoms with E-state index in [0.717, 1.165) is 11.3 Å². The summed E-state index contributed by atoms with van der Waals surface area (Å²) in [4.78, 5) is 18.3. The molecular weight excluding hydrogens is 322 g/mol. The van der Waals surface area contributed by atoms with Gasteiger partial charge in [0, 0.05) is 12.1 Å². The average Bonchev–Trinajstić information content (AvgIpc) is 2.42. The van der Waals surface area contributed by atoms with E-state index in [-0.39, 0.29) is 5.69 Å². The molecule has 20 heavy (non-hydrogen) atoms. The van der Waals surface area contributed by atoms with Crippen LogP contribution in [0.3, 0.4) is 0 Å². The molecule has 0 saturated heterocycles. The third-order valence-corrected chi connectivity index (χ3v) is 3.16. The maximum atomic E-state index is 10.6. The average molecular weight is 332 g/mol. The van der Waals surface area contributed by atoms with Gasteiger partial charge >= 0.3 is 0 Å². The van der Waals surface area contributed by atoms with E-state index in [0.29, 0.717) is 10.2 Å². The fourth-order valence-corrected chi connectivity index (χ4v) is 1.91. The van der Waals surface area contributed by atoms with Gasteiger partial charge in [0.05, 0.1) is 20.8 Å². The Kier molecular flexibility index (Phi) is 4.40. The minimum Gasteiger partial charge on any atom is -0.258 e. The van der Waals surface area contributed by atoms with E-state index in [9.17, 15) is 10.1 Å². The first-order valence-corrected chi connectivity index (χ1v) is 6.52. The van der Waals surface area contributed by atoms with Crippen molar-refractivity contribution in [2.45, 2.75) is 6.92 Å². The molecule has 6 heteroatoms. The molecule has 0 aliphatic heterocycles. The molecule has 0 fully saturated rings. The topological polar surface area (TPSA) is 67.9 Å². The summed E-state index contributed by atoms with van der Waals surface area (Å²) in [6.45, 7) is 2.00. The summed E-state index contributed by atoms with van der Waals surface area (Å²) in [5.41, 5.74) is 2.44. The van der Waals surface area contributed by atoms with Crippen LogP contribution in [0.15, 0.2) is 56.9 Å². The number of halogens is 1. The van der Waals surface area contributed by atoms with E-state index in [2.05, 4.69) is 31.9 Å². The lowest BCUT2D eigenvalue weighted by molar-refractivity contribution is -0.384. The number of nitro benzene ring substituents is 1. The molecule has 0 radical (unpaired) electrons. The molecule has 0 saturated carbocycles. The number of rotatable bonds is 3. The Labute approximate surface area is 124 Å². The molecule has 100 valence electrons. The van der Waals surface area contributed by atoms with Crippen molar-refractivity contribution in [1.29, 1.82) is 0 Å².